The van der Waals surface area contributed by atoms with E-state index in [-0.39, 0.29) is 23.0 Å². The molecule has 1 atom stereocenters. The van der Waals surface area contributed by atoms with Crippen LogP contribution >= 0.6 is 0 Å². The van der Waals surface area contributed by atoms with Gasteiger partial charge in [-0.3, -0.25) is 4.79 Å². The molecule has 2 saturated heterocycles. The van der Waals surface area contributed by atoms with Gasteiger partial charge in [-0.25, -0.2) is 8.42 Å². The van der Waals surface area contributed by atoms with Crippen molar-refractivity contribution in [3.8, 4) is 5.75 Å². The Morgan fingerprint density at radius 2 is 2.04 bits per heavy atom. The molecule has 1 aromatic carbocycles. The summed E-state index contributed by atoms with van der Waals surface area (Å²) in [6, 6.07) is 6.16. The van der Waals surface area contributed by atoms with Gasteiger partial charge in [0.15, 0.2) is 9.84 Å². The quantitative estimate of drug-likeness (QED) is 0.752. The number of carbonyl (C=O) groups is 1. The van der Waals surface area contributed by atoms with Gasteiger partial charge in [-0.05, 0) is 26.0 Å². The topological polar surface area (TPSA) is 66.9 Å². The number of hydrogen-bond donors (Lipinski definition) is 0. The van der Waals surface area contributed by atoms with Crippen LogP contribution in [-0.4, -0.2) is 67.4 Å². The molecular formula is C21H30N2O4S. The Balaban J connectivity index is 1.63. The minimum Gasteiger partial charge on any atom is -0.485 e. The Labute approximate surface area is 167 Å². The summed E-state index contributed by atoms with van der Waals surface area (Å²) in [7, 11) is -3.08. The van der Waals surface area contributed by atoms with Crippen LogP contribution in [0.25, 0.3) is 0 Å². The highest BCUT2D eigenvalue weighted by Gasteiger charge is 2.44. The van der Waals surface area contributed by atoms with E-state index in [1.165, 1.54) is 0 Å². The summed E-state index contributed by atoms with van der Waals surface area (Å²) < 4.78 is 30.4. The van der Waals surface area contributed by atoms with Crippen molar-refractivity contribution in [2.24, 2.45) is 5.92 Å². The zero-order chi connectivity index (χ0) is 19.9. The van der Waals surface area contributed by atoms with Crippen molar-refractivity contribution in [2.75, 3.05) is 37.7 Å². The summed E-state index contributed by atoms with van der Waals surface area (Å²) in [6.07, 6.45) is 2.19. The first-order valence-corrected chi connectivity index (χ1v) is 12.1. The Morgan fingerprint density at radius 3 is 2.68 bits per heavy atom. The number of nitrogens with zero attached hydrogens (tertiary/aromatic N) is 2. The molecule has 0 bridgehead atoms. The van der Waals surface area contributed by atoms with Crippen LogP contribution in [0.15, 0.2) is 18.2 Å². The Hall–Kier alpha value is -1.60. The van der Waals surface area contributed by atoms with Crippen LogP contribution in [0, 0.1) is 12.8 Å². The van der Waals surface area contributed by atoms with Gasteiger partial charge in [0.05, 0.1) is 24.0 Å². The number of aryl methyl sites for hydroxylation is 1. The van der Waals surface area contributed by atoms with Crippen molar-refractivity contribution in [3.05, 3.63) is 29.3 Å². The molecule has 1 aromatic rings. The zero-order valence-corrected chi connectivity index (χ0v) is 17.6. The molecule has 0 aliphatic carbocycles. The van der Waals surface area contributed by atoms with E-state index >= 15 is 0 Å². The molecule has 0 radical (unpaired) electrons. The van der Waals surface area contributed by atoms with Crippen molar-refractivity contribution < 1.29 is 17.9 Å². The van der Waals surface area contributed by atoms with Crippen LogP contribution in [0.2, 0.25) is 0 Å². The number of ether oxygens (including phenoxy) is 1. The maximum atomic E-state index is 13.3. The fraction of sp³-hybridized carbons (Fsp3) is 0.667. The Bertz CT molecular complexity index is 859. The van der Waals surface area contributed by atoms with Gasteiger partial charge in [0.25, 0.3) is 0 Å². The highest BCUT2D eigenvalue weighted by molar-refractivity contribution is 7.91. The molecule has 3 aliphatic heterocycles. The summed E-state index contributed by atoms with van der Waals surface area (Å²) in [6.45, 7) is 8.17. The average molecular weight is 407 g/mol. The number of carbonyl (C=O) groups excluding carboxylic acids is 1. The van der Waals surface area contributed by atoms with Crippen molar-refractivity contribution in [1.29, 1.82) is 0 Å². The Morgan fingerprint density at radius 1 is 1.29 bits per heavy atom. The third kappa shape index (κ3) is 3.92. The predicted octanol–water partition coefficient (Wildman–Crippen LogP) is 2.01. The van der Waals surface area contributed by atoms with Gasteiger partial charge in [-0.2, -0.15) is 0 Å². The van der Waals surface area contributed by atoms with E-state index in [0.29, 0.717) is 19.5 Å². The van der Waals surface area contributed by atoms with Crippen LogP contribution in [0.3, 0.4) is 0 Å². The number of amides is 1. The SMILES string of the molecule is CCN1CCC2(CC1)CN(C(=O)C1CCS(=O)(=O)C1)Cc1cc(C)ccc1O2. The van der Waals surface area contributed by atoms with E-state index < -0.39 is 15.8 Å². The van der Waals surface area contributed by atoms with Crippen LogP contribution in [0.4, 0.5) is 0 Å². The standard InChI is InChI=1S/C21H30N2O4S/c1-3-22-9-7-21(8-10-22)15-23(20(24)17-6-11-28(25,26)14-17)13-18-12-16(2)4-5-19(18)27-21/h4-5,12,17H,3,6-11,13-15H2,1-2H3. The van der Waals surface area contributed by atoms with Crippen LogP contribution in [-0.2, 0) is 21.2 Å². The molecule has 0 aromatic heterocycles. The lowest BCUT2D eigenvalue weighted by atomic mass is 9.90. The van der Waals surface area contributed by atoms with Gasteiger partial charge < -0.3 is 14.5 Å². The summed E-state index contributed by atoms with van der Waals surface area (Å²) in [5.74, 6) is 0.533. The molecule has 1 amide bonds. The monoisotopic (exact) mass is 406 g/mol. The summed E-state index contributed by atoms with van der Waals surface area (Å²) >= 11 is 0. The second-order valence-electron chi connectivity index (χ2n) is 8.62. The van der Waals surface area contributed by atoms with Gasteiger partial charge in [-0.15, -0.1) is 0 Å². The first-order valence-electron chi connectivity index (χ1n) is 10.3. The number of rotatable bonds is 2. The molecule has 1 spiro atoms. The molecule has 0 saturated carbocycles. The lowest BCUT2D eigenvalue weighted by Gasteiger charge is -2.42. The highest BCUT2D eigenvalue weighted by atomic mass is 32.2. The first-order chi connectivity index (χ1) is 13.3. The predicted molar refractivity (Wildman–Crippen MR) is 108 cm³/mol. The van der Waals surface area contributed by atoms with Crippen LogP contribution in [0.5, 0.6) is 5.75 Å². The molecule has 154 valence electrons. The molecule has 6 nitrogen and oxygen atoms in total. The van der Waals surface area contributed by atoms with Gasteiger partial charge in [0.1, 0.15) is 11.4 Å². The normalized spacial score (nSPS) is 26.5. The zero-order valence-electron chi connectivity index (χ0n) is 16.8. The van der Waals surface area contributed by atoms with E-state index in [2.05, 4.69) is 24.0 Å². The number of likely N-dealkylation sites (tertiary alicyclic amines) is 1. The molecular weight excluding hydrogens is 376 g/mol. The van der Waals surface area contributed by atoms with Gasteiger partial charge in [-0.1, -0.05) is 24.6 Å². The van der Waals surface area contributed by atoms with Crippen molar-refractivity contribution in [1.82, 2.24) is 9.80 Å². The van der Waals surface area contributed by atoms with E-state index in [1.54, 1.807) is 0 Å². The maximum absolute atomic E-state index is 13.3. The molecule has 28 heavy (non-hydrogen) atoms. The van der Waals surface area contributed by atoms with E-state index in [1.807, 2.05) is 17.9 Å². The van der Waals surface area contributed by atoms with E-state index in [4.69, 9.17) is 4.74 Å². The second kappa shape index (κ2) is 7.34. The third-order valence-corrected chi connectivity index (χ3v) is 8.26. The van der Waals surface area contributed by atoms with Gasteiger partial charge in [0.2, 0.25) is 5.91 Å². The molecule has 7 heteroatoms. The molecule has 3 aliphatic rings. The molecule has 0 N–H and O–H groups in total. The van der Waals surface area contributed by atoms with E-state index in [9.17, 15) is 13.2 Å². The number of fused-ring (bicyclic) bond motifs is 1. The lowest BCUT2D eigenvalue weighted by Crippen LogP contribution is -2.54. The fourth-order valence-corrected chi connectivity index (χ4v) is 6.48. The van der Waals surface area contributed by atoms with Crippen LogP contribution < -0.4 is 4.74 Å². The minimum absolute atomic E-state index is 0.0134. The third-order valence-electron chi connectivity index (χ3n) is 6.49. The van der Waals surface area contributed by atoms with E-state index in [0.717, 1.165) is 49.4 Å². The molecule has 3 heterocycles. The summed E-state index contributed by atoms with van der Waals surface area (Å²) in [5.41, 5.74) is 1.76. The minimum atomic E-state index is -3.08. The van der Waals surface area contributed by atoms with Crippen molar-refractivity contribution in [2.45, 2.75) is 45.3 Å². The lowest BCUT2D eigenvalue weighted by molar-refractivity contribution is -0.138. The first kappa shape index (κ1) is 19.7. The van der Waals surface area contributed by atoms with Gasteiger partial charge in [0, 0.05) is 38.0 Å². The average Bonchev–Trinajstić information content (AvgIpc) is 2.95. The van der Waals surface area contributed by atoms with Gasteiger partial charge >= 0.3 is 0 Å². The van der Waals surface area contributed by atoms with Crippen molar-refractivity contribution >= 4 is 15.7 Å². The number of sulfone groups is 1. The Kier molecular flexibility index (Phi) is 5.16. The number of hydrogen-bond acceptors (Lipinski definition) is 5. The van der Waals surface area contributed by atoms with Crippen molar-refractivity contribution in [3.63, 3.8) is 0 Å². The number of benzene rings is 1. The summed E-state index contributed by atoms with van der Waals surface area (Å²) in [4.78, 5) is 17.6. The molecule has 1 unspecified atom stereocenters. The maximum Gasteiger partial charge on any atom is 0.227 e. The smallest absolute Gasteiger partial charge is 0.227 e. The fourth-order valence-electron chi connectivity index (χ4n) is 4.75. The largest absolute Gasteiger partial charge is 0.485 e. The van der Waals surface area contributed by atoms with Crippen LogP contribution in [0.1, 0.15) is 37.3 Å². The number of piperidine rings is 1. The summed E-state index contributed by atoms with van der Waals surface area (Å²) in [5, 5.41) is 0. The highest BCUT2D eigenvalue weighted by Crippen LogP contribution is 2.37. The second-order valence-corrected chi connectivity index (χ2v) is 10.9. The molecule has 2 fully saturated rings. The molecule has 4 rings (SSSR count).